The summed E-state index contributed by atoms with van der Waals surface area (Å²) in [4.78, 5) is 34.5. The van der Waals surface area contributed by atoms with Crippen LogP contribution in [0.3, 0.4) is 0 Å². The predicted molar refractivity (Wildman–Crippen MR) is 106 cm³/mol. The number of likely N-dealkylation sites (tertiary alicyclic amines) is 2. The average molecular weight is 402 g/mol. The van der Waals surface area contributed by atoms with Crippen molar-refractivity contribution >= 4 is 17.6 Å². The molecule has 2 saturated heterocycles. The minimum Gasteiger partial charge on any atom is -0.388 e. The summed E-state index contributed by atoms with van der Waals surface area (Å²) in [6.45, 7) is 6.46. The van der Waals surface area contributed by atoms with E-state index in [1.807, 2.05) is 13.8 Å². The molecule has 0 unspecified atom stereocenters. The molecular formula is C21H27FN4O3. The first-order chi connectivity index (χ1) is 13.9. The molecule has 2 amide bonds. The highest BCUT2D eigenvalue weighted by Crippen LogP contribution is 2.31. The first-order valence-corrected chi connectivity index (χ1v) is 10.3. The number of halogens is 1. The van der Waals surface area contributed by atoms with E-state index in [1.54, 1.807) is 4.90 Å². The van der Waals surface area contributed by atoms with Crippen molar-refractivity contribution in [1.29, 1.82) is 0 Å². The van der Waals surface area contributed by atoms with Crippen molar-refractivity contribution < 1.29 is 18.8 Å². The van der Waals surface area contributed by atoms with Gasteiger partial charge in [-0.2, -0.15) is 0 Å². The Bertz CT molecular complexity index is 803. The number of carbonyl (C=O) groups excluding carboxylic acids is 2. The third-order valence-corrected chi connectivity index (χ3v) is 5.88. The molecule has 2 atom stereocenters. The van der Waals surface area contributed by atoms with E-state index in [-0.39, 0.29) is 41.6 Å². The molecule has 0 aliphatic carbocycles. The molecule has 8 heteroatoms. The predicted octanol–water partition coefficient (Wildman–Crippen LogP) is 1.85. The molecule has 4 rings (SSSR count). The number of oxime groups is 1. The summed E-state index contributed by atoms with van der Waals surface area (Å²) in [6, 6.07) is 5.76. The van der Waals surface area contributed by atoms with Crippen molar-refractivity contribution in [3.05, 3.63) is 35.6 Å². The zero-order valence-electron chi connectivity index (χ0n) is 16.8. The number of amidine groups is 1. The van der Waals surface area contributed by atoms with Gasteiger partial charge < -0.3 is 20.0 Å². The number of carbonyl (C=O) groups is 2. The molecule has 29 heavy (non-hydrogen) atoms. The lowest BCUT2D eigenvalue weighted by atomic mass is 9.94. The van der Waals surface area contributed by atoms with Gasteiger partial charge in [-0.25, -0.2) is 4.39 Å². The summed E-state index contributed by atoms with van der Waals surface area (Å²) in [5.41, 5.74) is 0.474. The van der Waals surface area contributed by atoms with E-state index in [1.165, 1.54) is 24.3 Å². The average Bonchev–Trinajstić information content (AvgIpc) is 3.28. The SMILES string of the molecule is CC(C)NC(=O)C1CCN(C2=NO[C@@H]3CN(C(=O)c4ccc(F)cc4)C[C@@H]23)CC1. The molecule has 0 aromatic heterocycles. The number of hydrogen-bond donors (Lipinski definition) is 1. The summed E-state index contributed by atoms with van der Waals surface area (Å²) in [5, 5.41) is 7.29. The van der Waals surface area contributed by atoms with Crippen molar-refractivity contribution in [2.24, 2.45) is 17.0 Å². The Morgan fingerprint density at radius 1 is 1.17 bits per heavy atom. The van der Waals surface area contributed by atoms with Crippen molar-refractivity contribution in [1.82, 2.24) is 15.1 Å². The molecule has 0 saturated carbocycles. The maximum absolute atomic E-state index is 13.1. The summed E-state index contributed by atoms with van der Waals surface area (Å²) in [5.74, 6) is 0.605. The fourth-order valence-electron chi connectivity index (χ4n) is 4.32. The Labute approximate surface area is 169 Å². The van der Waals surface area contributed by atoms with Crippen molar-refractivity contribution in [2.75, 3.05) is 26.2 Å². The van der Waals surface area contributed by atoms with Gasteiger partial charge in [-0.3, -0.25) is 9.59 Å². The molecule has 3 aliphatic heterocycles. The third-order valence-electron chi connectivity index (χ3n) is 5.88. The number of rotatable bonds is 3. The van der Waals surface area contributed by atoms with E-state index in [9.17, 15) is 14.0 Å². The first kappa shape index (κ1) is 19.7. The van der Waals surface area contributed by atoms with Gasteiger partial charge in [-0.15, -0.1) is 0 Å². The van der Waals surface area contributed by atoms with Crippen LogP contribution in [0.25, 0.3) is 0 Å². The molecule has 7 nitrogen and oxygen atoms in total. The van der Waals surface area contributed by atoms with Gasteiger partial charge in [0, 0.05) is 37.2 Å². The standard InChI is InChI=1S/C21H27FN4O3/c1-13(2)23-20(27)14-7-9-25(10-8-14)19-17-11-26(12-18(17)29-24-19)21(28)15-3-5-16(22)6-4-15/h3-6,13-14,17-18H,7-12H2,1-2H3,(H,23,27)/t17-,18-/m1/s1. The zero-order valence-corrected chi connectivity index (χ0v) is 16.8. The second-order valence-electron chi connectivity index (χ2n) is 8.34. The van der Waals surface area contributed by atoms with Crippen molar-refractivity contribution in [3.63, 3.8) is 0 Å². The van der Waals surface area contributed by atoms with E-state index >= 15 is 0 Å². The monoisotopic (exact) mass is 402 g/mol. The van der Waals surface area contributed by atoms with Gasteiger partial charge >= 0.3 is 0 Å². The fourth-order valence-corrected chi connectivity index (χ4v) is 4.32. The van der Waals surface area contributed by atoms with Gasteiger partial charge in [-0.05, 0) is 51.0 Å². The van der Waals surface area contributed by atoms with Crippen LogP contribution in [-0.2, 0) is 9.63 Å². The van der Waals surface area contributed by atoms with E-state index in [2.05, 4.69) is 15.4 Å². The number of nitrogens with one attached hydrogen (secondary N) is 1. The summed E-state index contributed by atoms with van der Waals surface area (Å²) < 4.78 is 13.1. The van der Waals surface area contributed by atoms with Gasteiger partial charge in [0.25, 0.3) is 5.91 Å². The van der Waals surface area contributed by atoms with E-state index in [4.69, 9.17) is 4.84 Å². The van der Waals surface area contributed by atoms with Crippen LogP contribution in [0.2, 0.25) is 0 Å². The fraction of sp³-hybridized carbons (Fsp3) is 0.571. The van der Waals surface area contributed by atoms with Crippen LogP contribution in [0.4, 0.5) is 4.39 Å². The molecule has 1 N–H and O–H groups in total. The van der Waals surface area contributed by atoms with Crippen LogP contribution in [0, 0.1) is 17.7 Å². The third kappa shape index (κ3) is 4.06. The highest BCUT2D eigenvalue weighted by Gasteiger charge is 2.46. The van der Waals surface area contributed by atoms with Crippen LogP contribution in [0.1, 0.15) is 37.0 Å². The summed E-state index contributed by atoms with van der Waals surface area (Å²) >= 11 is 0. The number of amides is 2. The highest BCUT2D eigenvalue weighted by atomic mass is 19.1. The molecule has 1 aromatic carbocycles. The minimum atomic E-state index is -0.358. The Kier molecular flexibility index (Phi) is 5.43. The summed E-state index contributed by atoms with van der Waals surface area (Å²) in [6.07, 6.45) is 1.43. The van der Waals surface area contributed by atoms with Crippen LogP contribution >= 0.6 is 0 Å². The van der Waals surface area contributed by atoms with Crippen LogP contribution in [0.5, 0.6) is 0 Å². The lowest BCUT2D eigenvalue weighted by molar-refractivity contribution is -0.126. The molecule has 0 bridgehead atoms. The molecule has 0 radical (unpaired) electrons. The van der Waals surface area contributed by atoms with Crippen molar-refractivity contribution in [2.45, 2.75) is 38.8 Å². The normalized spacial score (nSPS) is 24.3. The number of benzene rings is 1. The minimum absolute atomic E-state index is 0.0347. The van der Waals surface area contributed by atoms with Crippen LogP contribution in [0.15, 0.2) is 29.4 Å². The topological polar surface area (TPSA) is 74.2 Å². The molecular weight excluding hydrogens is 375 g/mol. The number of hydrogen-bond acceptors (Lipinski definition) is 5. The van der Waals surface area contributed by atoms with E-state index in [0.29, 0.717) is 18.7 Å². The molecule has 3 heterocycles. The second-order valence-corrected chi connectivity index (χ2v) is 8.34. The smallest absolute Gasteiger partial charge is 0.254 e. The highest BCUT2D eigenvalue weighted by molar-refractivity contribution is 5.95. The number of nitrogens with zero attached hydrogens (tertiary/aromatic N) is 3. The lowest BCUT2D eigenvalue weighted by Gasteiger charge is -2.34. The molecule has 3 aliphatic rings. The Hall–Kier alpha value is -2.64. The van der Waals surface area contributed by atoms with Crippen molar-refractivity contribution in [3.8, 4) is 0 Å². The van der Waals surface area contributed by atoms with Crippen LogP contribution in [-0.4, -0.2) is 65.8 Å². The Balaban J connectivity index is 1.34. The van der Waals surface area contributed by atoms with Gasteiger partial charge in [0.05, 0.1) is 12.5 Å². The zero-order chi connectivity index (χ0) is 20.5. The van der Waals surface area contributed by atoms with Gasteiger partial charge in [-0.1, -0.05) is 5.16 Å². The van der Waals surface area contributed by atoms with E-state index in [0.717, 1.165) is 31.8 Å². The molecule has 0 spiro atoms. The van der Waals surface area contributed by atoms with E-state index < -0.39 is 0 Å². The maximum Gasteiger partial charge on any atom is 0.254 e. The van der Waals surface area contributed by atoms with Gasteiger partial charge in [0.15, 0.2) is 11.9 Å². The largest absolute Gasteiger partial charge is 0.388 e. The molecule has 1 aromatic rings. The molecule has 156 valence electrons. The van der Waals surface area contributed by atoms with Crippen LogP contribution < -0.4 is 5.32 Å². The quantitative estimate of drug-likeness (QED) is 0.837. The Morgan fingerprint density at radius 2 is 1.86 bits per heavy atom. The maximum atomic E-state index is 13.1. The number of piperidine rings is 1. The second kappa shape index (κ2) is 8.00. The molecule has 2 fully saturated rings. The lowest BCUT2D eigenvalue weighted by Crippen LogP contribution is -2.46. The van der Waals surface area contributed by atoms with Gasteiger partial charge in [0.2, 0.25) is 5.91 Å². The Morgan fingerprint density at radius 3 is 2.52 bits per heavy atom. The van der Waals surface area contributed by atoms with Gasteiger partial charge in [0.1, 0.15) is 5.82 Å². The first-order valence-electron chi connectivity index (χ1n) is 10.3. The summed E-state index contributed by atoms with van der Waals surface area (Å²) in [7, 11) is 0. The number of fused-ring (bicyclic) bond motifs is 1.